The first kappa shape index (κ1) is 14.7. The van der Waals surface area contributed by atoms with Crippen LogP contribution in [0.25, 0.3) is 0 Å². The van der Waals surface area contributed by atoms with Crippen molar-refractivity contribution in [1.82, 2.24) is 15.0 Å². The van der Waals surface area contributed by atoms with Crippen molar-refractivity contribution in [1.29, 1.82) is 0 Å². The standard InChI is InChI=1S/C12H22N6O2/c1-2-20-12-16-10(15-11(17-12)18-13)14-7-8-3-5-9(19)6-4-8/h8-9,19H,2-7,13H2,1H3,(H2,14,15,16,17,18). The average Bonchev–Trinajstić information content (AvgIpc) is 2.47. The fourth-order valence-electron chi connectivity index (χ4n) is 2.28. The van der Waals surface area contributed by atoms with Gasteiger partial charge < -0.3 is 15.2 Å². The van der Waals surface area contributed by atoms with Gasteiger partial charge in [-0.3, -0.25) is 5.43 Å². The Labute approximate surface area is 118 Å². The maximum absolute atomic E-state index is 9.48. The number of aromatic nitrogens is 3. The molecule has 1 aliphatic carbocycles. The van der Waals surface area contributed by atoms with Crippen LogP contribution >= 0.6 is 0 Å². The molecule has 1 heterocycles. The SMILES string of the molecule is CCOc1nc(NN)nc(NCC2CCC(O)CC2)n1. The van der Waals surface area contributed by atoms with Crippen LogP contribution in [0.2, 0.25) is 0 Å². The van der Waals surface area contributed by atoms with Gasteiger partial charge in [0.1, 0.15) is 0 Å². The normalized spacial score (nSPS) is 22.4. The van der Waals surface area contributed by atoms with Crippen LogP contribution in [-0.2, 0) is 0 Å². The van der Waals surface area contributed by atoms with Crippen molar-refractivity contribution in [3.05, 3.63) is 0 Å². The van der Waals surface area contributed by atoms with Gasteiger partial charge in [0.25, 0.3) is 0 Å². The Morgan fingerprint density at radius 3 is 2.55 bits per heavy atom. The smallest absolute Gasteiger partial charge is 0.323 e. The summed E-state index contributed by atoms with van der Waals surface area (Å²) in [5, 5.41) is 12.7. The Bertz CT molecular complexity index is 422. The third kappa shape index (κ3) is 4.17. The molecular weight excluding hydrogens is 260 g/mol. The van der Waals surface area contributed by atoms with Crippen LogP contribution in [0.5, 0.6) is 6.01 Å². The lowest BCUT2D eigenvalue weighted by atomic mass is 9.87. The van der Waals surface area contributed by atoms with Crippen LogP contribution in [0.1, 0.15) is 32.6 Å². The van der Waals surface area contributed by atoms with E-state index in [-0.39, 0.29) is 18.1 Å². The van der Waals surface area contributed by atoms with Gasteiger partial charge in [0.15, 0.2) is 0 Å². The zero-order chi connectivity index (χ0) is 14.4. The molecule has 0 aliphatic heterocycles. The van der Waals surface area contributed by atoms with Crippen LogP contribution < -0.4 is 21.3 Å². The molecule has 1 aromatic rings. The molecule has 0 unspecified atom stereocenters. The number of anilines is 2. The minimum Gasteiger partial charge on any atom is -0.464 e. The monoisotopic (exact) mass is 282 g/mol. The third-order valence-electron chi connectivity index (χ3n) is 3.38. The van der Waals surface area contributed by atoms with E-state index >= 15 is 0 Å². The molecule has 1 saturated carbocycles. The highest BCUT2D eigenvalue weighted by molar-refractivity contribution is 5.34. The summed E-state index contributed by atoms with van der Waals surface area (Å²) < 4.78 is 5.26. The topological polar surface area (TPSA) is 118 Å². The van der Waals surface area contributed by atoms with Crippen LogP contribution in [0, 0.1) is 5.92 Å². The van der Waals surface area contributed by atoms with Gasteiger partial charge in [0.2, 0.25) is 11.9 Å². The van der Waals surface area contributed by atoms with E-state index in [2.05, 4.69) is 25.7 Å². The lowest BCUT2D eigenvalue weighted by Gasteiger charge is -2.25. The van der Waals surface area contributed by atoms with Crippen molar-refractivity contribution in [3.63, 3.8) is 0 Å². The number of nitrogens with two attached hydrogens (primary N) is 1. The van der Waals surface area contributed by atoms with Crippen LogP contribution in [0.15, 0.2) is 0 Å². The number of hydrazine groups is 1. The Kier molecular flexibility index (Phi) is 5.31. The van der Waals surface area contributed by atoms with Gasteiger partial charge >= 0.3 is 6.01 Å². The highest BCUT2D eigenvalue weighted by Gasteiger charge is 2.19. The average molecular weight is 282 g/mol. The molecule has 1 fully saturated rings. The number of aliphatic hydroxyl groups is 1. The lowest BCUT2D eigenvalue weighted by molar-refractivity contribution is 0.111. The maximum Gasteiger partial charge on any atom is 0.323 e. The predicted octanol–water partition coefficient (Wildman–Crippen LogP) is 0.519. The second kappa shape index (κ2) is 7.20. The molecule has 0 spiro atoms. The molecule has 0 bridgehead atoms. The molecule has 2 rings (SSSR count). The predicted molar refractivity (Wildman–Crippen MR) is 75.3 cm³/mol. The molecule has 20 heavy (non-hydrogen) atoms. The van der Waals surface area contributed by atoms with E-state index in [1.807, 2.05) is 6.92 Å². The van der Waals surface area contributed by atoms with Crippen LogP contribution in [-0.4, -0.2) is 39.3 Å². The Morgan fingerprint density at radius 1 is 1.20 bits per heavy atom. The Hall–Kier alpha value is -1.67. The number of ether oxygens (including phenoxy) is 1. The Morgan fingerprint density at radius 2 is 1.90 bits per heavy atom. The summed E-state index contributed by atoms with van der Waals surface area (Å²) in [6.45, 7) is 3.11. The molecule has 0 radical (unpaired) electrons. The highest BCUT2D eigenvalue weighted by Crippen LogP contribution is 2.24. The molecule has 0 atom stereocenters. The van der Waals surface area contributed by atoms with Gasteiger partial charge in [-0.2, -0.15) is 15.0 Å². The molecule has 8 nitrogen and oxygen atoms in total. The second-order valence-corrected chi connectivity index (χ2v) is 4.90. The summed E-state index contributed by atoms with van der Waals surface area (Å²) in [7, 11) is 0. The number of nitrogens with one attached hydrogen (secondary N) is 2. The first-order chi connectivity index (χ1) is 9.71. The zero-order valence-electron chi connectivity index (χ0n) is 11.7. The number of nitrogens with zero attached hydrogens (tertiary/aromatic N) is 3. The minimum absolute atomic E-state index is 0.138. The molecule has 0 amide bonds. The fraction of sp³-hybridized carbons (Fsp3) is 0.750. The van der Waals surface area contributed by atoms with Crippen molar-refractivity contribution >= 4 is 11.9 Å². The summed E-state index contributed by atoms with van der Waals surface area (Å²) in [6, 6.07) is 0.247. The highest BCUT2D eigenvalue weighted by atomic mass is 16.5. The van der Waals surface area contributed by atoms with Crippen molar-refractivity contribution < 1.29 is 9.84 Å². The van der Waals surface area contributed by atoms with Crippen LogP contribution in [0.3, 0.4) is 0 Å². The van der Waals surface area contributed by atoms with Gasteiger partial charge in [-0.05, 0) is 38.5 Å². The molecule has 8 heteroatoms. The summed E-state index contributed by atoms with van der Waals surface area (Å²) in [4.78, 5) is 12.3. The van der Waals surface area contributed by atoms with E-state index in [1.165, 1.54) is 0 Å². The van der Waals surface area contributed by atoms with Crippen molar-refractivity contribution in [2.24, 2.45) is 11.8 Å². The van der Waals surface area contributed by atoms with E-state index in [1.54, 1.807) is 0 Å². The number of aliphatic hydroxyl groups excluding tert-OH is 1. The molecular formula is C12H22N6O2. The molecule has 0 aromatic carbocycles. The summed E-state index contributed by atoms with van der Waals surface area (Å²) in [5.41, 5.74) is 2.39. The third-order valence-corrected chi connectivity index (χ3v) is 3.38. The molecule has 5 N–H and O–H groups in total. The van der Waals surface area contributed by atoms with E-state index < -0.39 is 0 Å². The van der Waals surface area contributed by atoms with Crippen molar-refractivity contribution in [3.8, 4) is 6.01 Å². The number of rotatable bonds is 6. The van der Waals surface area contributed by atoms with E-state index in [0.29, 0.717) is 18.5 Å². The van der Waals surface area contributed by atoms with E-state index in [0.717, 1.165) is 32.2 Å². The number of hydrogen-bond acceptors (Lipinski definition) is 8. The van der Waals surface area contributed by atoms with Crippen molar-refractivity contribution in [2.75, 3.05) is 23.9 Å². The van der Waals surface area contributed by atoms with Gasteiger partial charge in [-0.15, -0.1) is 0 Å². The quantitative estimate of drug-likeness (QED) is 0.440. The van der Waals surface area contributed by atoms with Gasteiger partial charge in [0.05, 0.1) is 12.7 Å². The number of nitrogen functional groups attached to an aromatic ring is 1. The molecule has 1 aliphatic rings. The van der Waals surface area contributed by atoms with Crippen molar-refractivity contribution in [2.45, 2.75) is 38.7 Å². The molecule has 112 valence electrons. The summed E-state index contributed by atoms with van der Waals surface area (Å²) >= 11 is 0. The van der Waals surface area contributed by atoms with Crippen LogP contribution in [0.4, 0.5) is 11.9 Å². The maximum atomic E-state index is 9.48. The van der Waals surface area contributed by atoms with E-state index in [9.17, 15) is 5.11 Å². The molecule has 1 aromatic heterocycles. The van der Waals surface area contributed by atoms with Gasteiger partial charge in [0, 0.05) is 6.54 Å². The minimum atomic E-state index is -0.138. The lowest BCUT2D eigenvalue weighted by Crippen LogP contribution is -2.24. The number of hydrogen-bond donors (Lipinski definition) is 4. The molecule has 0 saturated heterocycles. The van der Waals surface area contributed by atoms with Gasteiger partial charge in [-0.25, -0.2) is 5.84 Å². The Balaban J connectivity index is 1.92. The second-order valence-electron chi connectivity index (χ2n) is 4.90. The van der Waals surface area contributed by atoms with Gasteiger partial charge in [-0.1, -0.05) is 0 Å². The zero-order valence-corrected chi connectivity index (χ0v) is 11.7. The largest absolute Gasteiger partial charge is 0.464 e. The first-order valence-electron chi connectivity index (χ1n) is 6.98. The summed E-state index contributed by atoms with van der Waals surface area (Å²) in [6.07, 6.45) is 3.62. The first-order valence-corrected chi connectivity index (χ1v) is 6.98. The summed E-state index contributed by atoms with van der Waals surface area (Å²) in [5.74, 6) is 6.57. The fourth-order valence-corrected chi connectivity index (χ4v) is 2.28. The van der Waals surface area contributed by atoms with E-state index in [4.69, 9.17) is 10.6 Å².